The number of nitrogens with one attached hydrogen (secondary N) is 2. The van der Waals surface area contributed by atoms with Crippen LogP contribution in [0.2, 0.25) is 0 Å². The number of carbonyl (C=O) groups is 1. The molecule has 1 aliphatic heterocycles. The minimum absolute atomic E-state index is 0.109. The van der Waals surface area contributed by atoms with Gasteiger partial charge in [-0.05, 0) is 19.1 Å². The van der Waals surface area contributed by atoms with E-state index in [-0.39, 0.29) is 17.2 Å². The zero-order chi connectivity index (χ0) is 13.0. The SMILES string of the molecule is Cc1ccc(C(=O)NC[C@H]2COCCO2)c(=O)[nH]1. The molecule has 0 aliphatic carbocycles. The molecule has 18 heavy (non-hydrogen) atoms. The van der Waals surface area contributed by atoms with Crippen LogP contribution in [0.1, 0.15) is 16.1 Å². The summed E-state index contributed by atoms with van der Waals surface area (Å²) in [4.78, 5) is 25.9. The Hall–Kier alpha value is -1.66. The highest BCUT2D eigenvalue weighted by molar-refractivity contribution is 5.93. The number of H-pyrrole nitrogens is 1. The third-order valence-corrected chi connectivity index (χ3v) is 2.68. The zero-order valence-electron chi connectivity index (χ0n) is 10.2. The number of carbonyl (C=O) groups excluding carboxylic acids is 1. The van der Waals surface area contributed by atoms with Gasteiger partial charge in [-0.1, -0.05) is 0 Å². The maximum atomic E-state index is 11.8. The summed E-state index contributed by atoms with van der Waals surface area (Å²) >= 11 is 0. The maximum absolute atomic E-state index is 11.8. The Balaban J connectivity index is 1.93. The van der Waals surface area contributed by atoms with Crippen molar-refractivity contribution in [3.63, 3.8) is 0 Å². The molecule has 1 aromatic rings. The minimum atomic E-state index is -0.398. The molecule has 1 saturated heterocycles. The second kappa shape index (κ2) is 5.79. The van der Waals surface area contributed by atoms with Crippen molar-refractivity contribution < 1.29 is 14.3 Å². The van der Waals surface area contributed by atoms with Gasteiger partial charge in [-0.2, -0.15) is 0 Å². The molecule has 6 heteroatoms. The largest absolute Gasteiger partial charge is 0.376 e. The van der Waals surface area contributed by atoms with Gasteiger partial charge in [0.05, 0.1) is 25.9 Å². The molecule has 98 valence electrons. The van der Waals surface area contributed by atoms with Crippen molar-refractivity contribution >= 4 is 5.91 Å². The fraction of sp³-hybridized carbons (Fsp3) is 0.500. The van der Waals surface area contributed by atoms with E-state index in [9.17, 15) is 9.59 Å². The normalized spacial score (nSPS) is 19.5. The van der Waals surface area contributed by atoms with E-state index in [0.717, 1.165) is 5.69 Å². The van der Waals surface area contributed by atoms with E-state index >= 15 is 0 Å². The number of amides is 1. The van der Waals surface area contributed by atoms with Crippen molar-refractivity contribution in [2.24, 2.45) is 0 Å². The first kappa shape index (κ1) is 12.8. The van der Waals surface area contributed by atoms with Gasteiger partial charge >= 0.3 is 0 Å². The highest BCUT2D eigenvalue weighted by atomic mass is 16.6. The molecule has 0 unspecified atom stereocenters. The van der Waals surface area contributed by atoms with Crippen molar-refractivity contribution in [1.82, 2.24) is 10.3 Å². The summed E-state index contributed by atoms with van der Waals surface area (Å²) in [6.07, 6.45) is -0.146. The molecule has 0 saturated carbocycles. The lowest BCUT2D eigenvalue weighted by Gasteiger charge is -2.22. The Morgan fingerprint density at radius 2 is 2.33 bits per heavy atom. The Bertz CT molecular complexity index is 477. The van der Waals surface area contributed by atoms with Crippen LogP contribution in [0.15, 0.2) is 16.9 Å². The van der Waals surface area contributed by atoms with Crippen molar-refractivity contribution in [3.8, 4) is 0 Å². The number of rotatable bonds is 3. The van der Waals surface area contributed by atoms with Crippen molar-refractivity contribution in [3.05, 3.63) is 33.7 Å². The van der Waals surface area contributed by atoms with Crippen LogP contribution in [0.25, 0.3) is 0 Å². The van der Waals surface area contributed by atoms with Gasteiger partial charge in [0.2, 0.25) is 0 Å². The summed E-state index contributed by atoms with van der Waals surface area (Å²) in [7, 11) is 0. The molecule has 1 aromatic heterocycles. The molecule has 2 heterocycles. The van der Waals surface area contributed by atoms with Crippen LogP contribution in [-0.2, 0) is 9.47 Å². The van der Waals surface area contributed by atoms with E-state index in [4.69, 9.17) is 9.47 Å². The molecular weight excluding hydrogens is 236 g/mol. The summed E-state index contributed by atoms with van der Waals surface area (Å²) in [5.74, 6) is -0.398. The van der Waals surface area contributed by atoms with Gasteiger partial charge in [-0.25, -0.2) is 0 Å². The monoisotopic (exact) mass is 252 g/mol. The van der Waals surface area contributed by atoms with Gasteiger partial charge in [0.15, 0.2) is 0 Å². The first-order chi connectivity index (χ1) is 8.66. The van der Waals surface area contributed by atoms with Crippen LogP contribution in [0.4, 0.5) is 0 Å². The van der Waals surface area contributed by atoms with Gasteiger partial charge in [-0.3, -0.25) is 9.59 Å². The average molecular weight is 252 g/mol. The van der Waals surface area contributed by atoms with Gasteiger partial charge in [0.1, 0.15) is 5.56 Å². The Morgan fingerprint density at radius 1 is 1.50 bits per heavy atom. The number of hydrogen-bond acceptors (Lipinski definition) is 4. The smallest absolute Gasteiger partial charge is 0.260 e. The Morgan fingerprint density at radius 3 is 3.00 bits per heavy atom. The number of ether oxygens (including phenoxy) is 2. The van der Waals surface area contributed by atoms with E-state index in [1.165, 1.54) is 6.07 Å². The fourth-order valence-corrected chi connectivity index (χ4v) is 1.71. The molecule has 2 N–H and O–H groups in total. The molecule has 0 aromatic carbocycles. The van der Waals surface area contributed by atoms with Crippen LogP contribution in [0.5, 0.6) is 0 Å². The van der Waals surface area contributed by atoms with E-state index in [0.29, 0.717) is 26.4 Å². The molecule has 0 radical (unpaired) electrons. The number of pyridine rings is 1. The Kier molecular flexibility index (Phi) is 4.11. The van der Waals surface area contributed by atoms with Crippen LogP contribution in [0, 0.1) is 6.92 Å². The topological polar surface area (TPSA) is 80.4 Å². The first-order valence-corrected chi connectivity index (χ1v) is 5.84. The summed E-state index contributed by atoms with van der Waals surface area (Å²) in [5, 5.41) is 2.67. The van der Waals surface area contributed by atoms with Crippen LogP contribution in [-0.4, -0.2) is 43.4 Å². The molecular formula is C12H16N2O4. The van der Waals surface area contributed by atoms with Gasteiger partial charge in [0.25, 0.3) is 11.5 Å². The predicted molar refractivity (Wildman–Crippen MR) is 64.7 cm³/mol. The number of aryl methyl sites for hydroxylation is 1. The second-order valence-electron chi connectivity index (χ2n) is 4.16. The molecule has 1 fully saturated rings. The quantitative estimate of drug-likeness (QED) is 0.782. The molecule has 1 atom stereocenters. The van der Waals surface area contributed by atoms with Gasteiger partial charge in [-0.15, -0.1) is 0 Å². The molecule has 0 spiro atoms. The third kappa shape index (κ3) is 3.18. The van der Waals surface area contributed by atoms with Crippen molar-refractivity contribution in [2.75, 3.05) is 26.4 Å². The second-order valence-corrected chi connectivity index (χ2v) is 4.16. The molecule has 1 aliphatic rings. The van der Waals surface area contributed by atoms with E-state index in [1.54, 1.807) is 13.0 Å². The first-order valence-electron chi connectivity index (χ1n) is 5.84. The molecule has 0 bridgehead atoms. The summed E-state index contributed by atoms with van der Waals surface area (Å²) in [6, 6.07) is 3.21. The van der Waals surface area contributed by atoms with Crippen LogP contribution in [0.3, 0.4) is 0 Å². The van der Waals surface area contributed by atoms with Crippen LogP contribution < -0.4 is 10.9 Å². The third-order valence-electron chi connectivity index (χ3n) is 2.68. The van der Waals surface area contributed by atoms with Crippen molar-refractivity contribution in [2.45, 2.75) is 13.0 Å². The number of aromatic nitrogens is 1. The number of hydrogen-bond donors (Lipinski definition) is 2. The fourth-order valence-electron chi connectivity index (χ4n) is 1.71. The summed E-state index contributed by atoms with van der Waals surface area (Å²) in [6.45, 7) is 3.68. The average Bonchev–Trinajstić information content (AvgIpc) is 2.37. The predicted octanol–water partition coefficient (Wildman–Crippen LogP) is -0.171. The minimum Gasteiger partial charge on any atom is -0.376 e. The van der Waals surface area contributed by atoms with Gasteiger partial charge in [0, 0.05) is 12.2 Å². The lowest BCUT2D eigenvalue weighted by molar-refractivity contribution is -0.0855. The lowest BCUT2D eigenvalue weighted by atomic mass is 10.2. The lowest BCUT2D eigenvalue weighted by Crippen LogP contribution is -2.41. The summed E-state index contributed by atoms with van der Waals surface area (Å²) in [5.41, 5.74) is 0.450. The molecule has 6 nitrogen and oxygen atoms in total. The van der Waals surface area contributed by atoms with E-state index < -0.39 is 5.91 Å². The number of aromatic amines is 1. The zero-order valence-corrected chi connectivity index (χ0v) is 10.2. The van der Waals surface area contributed by atoms with E-state index in [2.05, 4.69) is 10.3 Å². The Labute approximate surface area is 104 Å². The van der Waals surface area contributed by atoms with E-state index in [1.807, 2.05) is 0 Å². The maximum Gasteiger partial charge on any atom is 0.260 e. The summed E-state index contributed by atoms with van der Waals surface area (Å²) < 4.78 is 10.6. The molecule has 1 amide bonds. The standard InChI is InChI=1S/C12H16N2O4/c1-8-2-3-10(12(16)14-8)11(15)13-6-9-7-17-4-5-18-9/h2-3,9H,4-7H2,1H3,(H,13,15)(H,14,16)/t9-/m0/s1. The van der Waals surface area contributed by atoms with Crippen molar-refractivity contribution in [1.29, 1.82) is 0 Å². The van der Waals surface area contributed by atoms with Gasteiger partial charge < -0.3 is 19.8 Å². The molecule has 2 rings (SSSR count). The highest BCUT2D eigenvalue weighted by Crippen LogP contribution is 2.00. The highest BCUT2D eigenvalue weighted by Gasteiger charge is 2.16. The van der Waals surface area contributed by atoms with Crippen LogP contribution >= 0.6 is 0 Å².